The summed E-state index contributed by atoms with van der Waals surface area (Å²) in [5.74, 6) is 0.886. The van der Waals surface area contributed by atoms with Crippen molar-refractivity contribution in [1.82, 2.24) is 15.6 Å². The summed E-state index contributed by atoms with van der Waals surface area (Å²) in [5, 5.41) is 6.38. The smallest absolute Gasteiger partial charge is 0.417 e. The monoisotopic (exact) mass is 444 g/mol. The molecule has 2 N–H and O–H groups in total. The maximum atomic E-state index is 12.4. The number of aliphatic imine (C=N–C) groups is 1. The third-order valence-electron chi connectivity index (χ3n) is 2.94. The number of hydrogen-bond donors (Lipinski definition) is 2. The van der Waals surface area contributed by atoms with Gasteiger partial charge in [0, 0.05) is 24.8 Å². The fourth-order valence-electron chi connectivity index (χ4n) is 1.68. The van der Waals surface area contributed by atoms with Gasteiger partial charge in [0.15, 0.2) is 5.96 Å². The van der Waals surface area contributed by atoms with Crippen LogP contribution < -0.4 is 15.4 Å². The van der Waals surface area contributed by atoms with Crippen LogP contribution in [0.1, 0.15) is 25.3 Å². The highest BCUT2D eigenvalue weighted by atomic mass is 127. The molecule has 0 saturated heterocycles. The molecule has 0 unspecified atom stereocenters. The topological polar surface area (TPSA) is 58.5 Å². The van der Waals surface area contributed by atoms with E-state index in [1.54, 1.807) is 0 Å². The maximum Gasteiger partial charge on any atom is 0.417 e. The molecule has 0 amide bonds. The van der Waals surface area contributed by atoms with Crippen molar-refractivity contribution in [2.75, 3.05) is 19.7 Å². The second kappa shape index (κ2) is 9.14. The Balaban J connectivity index is 0.00000264. The summed E-state index contributed by atoms with van der Waals surface area (Å²) in [4.78, 5) is 7.96. The molecule has 1 fully saturated rings. The quantitative estimate of drug-likeness (QED) is 0.307. The van der Waals surface area contributed by atoms with E-state index in [1.165, 1.54) is 6.07 Å². The molecule has 1 aliphatic rings. The van der Waals surface area contributed by atoms with Crippen LogP contribution in [0.3, 0.4) is 0 Å². The van der Waals surface area contributed by atoms with E-state index < -0.39 is 11.7 Å². The van der Waals surface area contributed by atoms with Crippen molar-refractivity contribution >= 4 is 29.9 Å². The number of ether oxygens (including phenoxy) is 1. The van der Waals surface area contributed by atoms with Crippen molar-refractivity contribution in [1.29, 1.82) is 0 Å². The van der Waals surface area contributed by atoms with Crippen LogP contribution >= 0.6 is 24.0 Å². The minimum absolute atomic E-state index is 0. The van der Waals surface area contributed by atoms with Crippen LogP contribution in [0, 0.1) is 0 Å². The second-order valence-electron chi connectivity index (χ2n) is 4.91. The van der Waals surface area contributed by atoms with Gasteiger partial charge in [0.25, 0.3) is 0 Å². The van der Waals surface area contributed by atoms with Crippen LogP contribution in [0.25, 0.3) is 0 Å². The van der Waals surface area contributed by atoms with Crippen molar-refractivity contribution in [3.8, 4) is 5.88 Å². The molecule has 0 aliphatic heterocycles. The van der Waals surface area contributed by atoms with E-state index in [1.807, 2.05) is 6.92 Å². The lowest BCUT2D eigenvalue weighted by atomic mass is 10.3. The van der Waals surface area contributed by atoms with Crippen LogP contribution in [0.15, 0.2) is 23.3 Å². The molecule has 0 bridgehead atoms. The molecule has 1 saturated carbocycles. The molecule has 1 aliphatic carbocycles. The largest absolute Gasteiger partial charge is 0.476 e. The molecule has 130 valence electrons. The highest BCUT2D eigenvalue weighted by Gasteiger charge is 2.30. The Morgan fingerprint density at radius 1 is 1.39 bits per heavy atom. The Kier molecular flexibility index (Phi) is 7.86. The first-order valence-electron chi connectivity index (χ1n) is 7.20. The molecule has 0 radical (unpaired) electrons. The number of aromatic nitrogens is 1. The molecule has 23 heavy (non-hydrogen) atoms. The molecule has 0 atom stereocenters. The van der Waals surface area contributed by atoms with Crippen molar-refractivity contribution < 1.29 is 17.9 Å². The predicted molar refractivity (Wildman–Crippen MR) is 92.3 cm³/mol. The van der Waals surface area contributed by atoms with Gasteiger partial charge in [-0.15, -0.1) is 24.0 Å². The number of pyridine rings is 1. The van der Waals surface area contributed by atoms with Crippen LogP contribution in [-0.2, 0) is 6.18 Å². The summed E-state index contributed by atoms with van der Waals surface area (Å²) < 4.78 is 42.4. The first-order valence-corrected chi connectivity index (χ1v) is 7.20. The van der Waals surface area contributed by atoms with Gasteiger partial charge < -0.3 is 15.4 Å². The summed E-state index contributed by atoms with van der Waals surface area (Å²) in [5.41, 5.74) is -0.791. The Hall–Kier alpha value is -1.26. The number of rotatable bonds is 6. The predicted octanol–water partition coefficient (Wildman–Crippen LogP) is 2.81. The summed E-state index contributed by atoms with van der Waals surface area (Å²) in [7, 11) is 0. The molecule has 1 aromatic rings. The Morgan fingerprint density at radius 3 is 2.65 bits per heavy atom. The van der Waals surface area contributed by atoms with Gasteiger partial charge in [0.2, 0.25) is 5.88 Å². The molecule has 0 spiro atoms. The standard InChI is InChI=1S/C14H19F3N4O.HI/c1-2-18-13(21-11-4-5-11)19-7-8-22-12-6-3-10(9-20-12)14(15,16)17;/h3,6,9,11H,2,4-5,7-8H2,1H3,(H2,18,19,21);1H. The number of alkyl halides is 3. The molecular formula is C14H20F3IN4O. The molecule has 1 aromatic heterocycles. The summed E-state index contributed by atoms with van der Waals surface area (Å²) in [6.07, 6.45) is -1.32. The molecule has 2 rings (SSSR count). The minimum atomic E-state index is -4.38. The van der Waals surface area contributed by atoms with E-state index in [2.05, 4.69) is 20.6 Å². The van der Waals surface area contributed by atoms with Gasteiger partial charge in [-0.2, -0.15) is 13.2 Å². The zero-order valence-electron chi connectivity index (χ0n) is 12.7. The maximum absolute atomic E-state index is 12.4. The third-order valence-corrected chi connectivity index (χ3v) is 2.94. The van der Waals surface area contributed by atoms with Crippen molar-refractivity contribution in [3.63, 3.8) is 0 Å². The van der Waals surface area contributed by atoms with Crippen LogP contribution in [0.4, 0.5) is 13.2 Å². The van der Waals surface area contributed by atoms with E-state index in [-0.39, 0.29) is 36.5 Å². The van der Waals surface area contributed by atoms with E-state index >= 15 is 0 Å². The van der Waals surface area contributed by atoms with E-state index in [9.17, 15) is 13.2 Å². The number of nitrogens with one attached hydrogen (secondary N) is 2. The fraction of sp³-hybridized carbons (Fsp3) is 0.571. The normalized spacial score (nSPS) is 14.9. The summed E-state index contributed by atoms with van der Waals surface area (Å²) in [6, 6.07) is 2.65. The number of hydrogen-bond acceptors (Lipinski definition) is 3. The molecular weight excluding hydrogens is 424 g/mol. The van der Waals surface area contributed by atoms with E-state index in [4.69, 9.17) is 4.74 Å². The number of halogens is 4. The SMILES string of the molecule is CCNC(=NCCOc1ccc(C(F)(F)F)cn1)NC1CC1.I. The first-order chi connectivity index (χ1) is 10.5. The summed E-state index contributed by atoms with van der Waals surface area (Å²) >= 11 is 0. The number of guanidine groups is 1. The molecule has 5 nitrogen and oxygen atoms in total. The van der Waals surface area contributed by atoms with Crippen molar-refractivity contribution in [3.05, 3.63) is 23.9 Å². The molecule has 9 heteroatoms. The zero-order valence-corrected chi connectivity index (χ0v) is 15.0. The van der Waals surface area contributed by atoms with Gasteiger partial charge in [-0.1, -0.05) is 0 Å². The average Bonchev–Trinajstić information content (AvgIpc) is 3.27. The van der Waals surface area contributed by atoms with Crippen LogP contribution in [-0.4, -0.2) is 36.7 Å². The molecule has 1 heterocycles. The van der Waals surface area contributed by atoms with Gasteiger partial charge in [0.05, 0.1) is 12.1 Å². The molecule has 0 aromatic carbocycles. The van der Waals surface area contributed by atoms with Crippen molar-refractivity contribution in [2.45, 2.75) is 32.0 Å². The lowest BCUT2D eigenvalue weighted by molar-refractivity contribution is -0.137. The minimum Gasteiger partial charge on any atom is -0.476 e. The van der Waals surface area contributed by atoms with Gasteiger partial charge in [-0.3, -0.25) is 0 Å². The zero-order chi connectivity index (χ0) is 16.0. The highest BCUT2D eigenvalue weighted by Crippen LogP contribution is 2.29. The van der Waals surface area contributed by atoms with E-state index in [0.29, 0.717) is 12.6 Å². The van der Waals surface area contributed by atoms with E-state index in [0.717, 1.165) is 37.6 Å². The van der Waals surface area contributed by atoms with Gasteiger partial charge in [-0.05, 0) is 25.8 Å². The van der Waals surface area contributed by atoms with Crippen molar-refractivity contribution in [2.24, 2.45) is 4.99 Å². The lowest BCUT2D eigenvalue weighted by Gasteiger charge is -2.10. The third kappa shape index (κ3) is 7.23. The van der Waals surface area contributed by atoms with Gasteiger partial charge in [0.1, 0.15) is 6.61 Å². The fourth-order valence-corrected chi connectivity index (χ4v) is 1.68. The van der Waals surface area contributed by atoms with Crippen LogP contribution in [0.2, 0.25) is 0 Å². The Labute approximate surface area is 150 Å². The first kappa shape index (κ1) is 19.8. The van der Waals surface area contributed by atoms with Crippen LogP contribution in [0.5, 0.6) is 5.88 Å². The Bertz CT molecular complexity index is 504. The average molecular weight is 444 g/mol. The second-order valence-corrected chi connectivity index (χ2v) is 4.91. The number of nitrogens with zero attached hydrogens (tertiary/aromatic N) is 2. The Morgan fingerprint density at radius 2 is 2.13 bits per heavy atom. The van der Waals surface area contributed by atoms with Gasteiger partial charge in [-0.25, -0.2) is 9.98 Å². The highest BCUT2D eigenvalue weighted by molar-refractivity contribution is 14.0. The lowest BCUT2D eigenvalue weighted by Crippen LogP contribution is -2.38. The summed E-state index contributed by atoms with van der Waals surface area (Å²) in [6.45, 7) is 3.39. The van der Waals surface area contributed by atoms with Gasteiger partial charge >= 0.3 is 6.18 Å².